The zero-order valence-corrected chi connectivity index (χ0v) is 15.3. The number of nitrogen functional groups attached to an aromatic ring is 1. The van der Waals surface area contributed by atoms with Crippen molar-refractivity contribution in [3.8, 4) is 11.3 Å². The molecule has 0 aliphatic carbocycles. The molecule has 2 aromatic heterocycles. The van der Waals surface area contributed by atoms with E-state index in [1.54, 1.807) is 28.8 Å². The van der Waals surface area contributed by atoms with Gasteiger partial charge in [0.25, 0.3) is 5.56 Å². The second-order valence-corrected chi connectivity index (χ2v) is 7.17. The van der Waals surface area contributed by atoms with Gasteiger partial charge < -0.3 is 5.73 Å². The van der Waals surface area contributed by atoms with Gasteiger partial charge in [-0.25, -0.2) is 4.39 Å². The van der Waals surface area contributed by atoms with Crippen molar-refractivity contribution >= 4 is 45.7 Å². The molecule has 0 fully saturated rings. The lowest BCUT2D eigenvalue weighted by atomic mass is 10.1. The number of aromatic nitrogens is 2. The predicted molar refractivity (Wildman–Crippen MR) is 112 cm³/mol. The van der Waals surface area contributed by atoms with Crippen molar-refractivity contribution in [3.63, 3.8) is 0 Å². The fraction of sp³-hybridized carbons (Fsp3) is 0. The fourth-order valence-electron chi connectivity index (χ4n) is 3.27. The van der Waals surface area contributed by atoms with Crippen LogP contribution in [0.2, 0.25) is 0 Å². The van der Waals surface area contributed by atoms with Crippen molar-refractivity contribution < 1.29 is 4.39 Å². The number of halogens is 1. The van der Waals surface area contributed by atoms with E-state index in [2.05, 4.69) is 9.98 Å². The van der Waals surface area contributed by atoms with Gasteiger partial charge in [-0.1, -0.05) is 18.2 Å². The third kappa shape index (κ3) is 2.56. The molecule has 2 aromatic carbocycles. The van der Waals surface area contributed by atoms with Crippen LogP contribution in [0.3, 0.4) is 0 Å². The Morgan fingerprint density at radius 2 is 1.89 bits per heavy atom. The van der Waals surface area contributed by atoms with E-state index in [1.807, 2.05) is 29.6 Å². The molecule has 4 aromatic rings. The third-order valence-electron chi connectivity index (χ3n) is 4.65. The van der Waals surface area contributed by atoms with Crippen LogP contribution in [0.25, 0.3) is 27.9 Å². The average molecular weight is 388 g/mol. The predicted octanol–water partition coefficient (Wildman–Crippen LogP) is 4.40. The van der Waals surface area contributed by atoms with E-state index in [0.29, 0.717) is 16.3 Å². The van der Waals surface area contributed by atoms with E-state index < -0.39 is 5.56 Å². The quantitative estimate of drug-likeness (QED) is 0.553. The molecule has 28 heavy (non-hydrogen) atoms. The molecule has 136 valence electrons. The first-order chi connectivity index (χ1) is 13.6. The Labute approximate surface area is 162 Å². The first-order valence-electron chi connectivity index (χ1n) is 8.52. The molecule has 1 aliphatic heterocycles. The molecule has 0 atom stereocenters. The van der Waals surface area contributed by atoms with E-state index >= 15 is 0 Å². The van der Waals surface area contributed by atoms with E-state index in [9.17, 15) is 9.18 Å². The highest BCUT2D eigenvalue weighted by Crippen LogP contribution is 2.33. The van der Waals surface area contributed by atoms with Gasteiger partial charge in [0.05, 0.1) is 16.9 Å². The lowest BCUT2D eigenvalue weighted by Crippen LogP contribution is -2.16. The molecule has 7 heteroatoms. The first-order valence-corrected chi connectivity index (χ1v) is 9.40. The van der Waals surface area contributed by atoms with Crippen LogP contribution in [0.15, 0.2) is 63.7 Å². The number of anilines is 1. The van der Waals surface area contributed by atoms with E-state index in [4.69, 9.17) is 5.73 Å². The topological polar surface area (TPSA) is 72.8 Å². The molecule has 0 saturated carbocycles. The Balaban J connectivity index is 1.72. The number of para-hydroxylation sites is 1. The zero-order valence-electron chi connectivity index (χ0n) is 14.5. The highest BCUT2D eigenvalue weighted by molar-refractivity contribution is 7.15. The highest BCUT2D eigenvalue weighted by Gasteiger charge is 2.17. The summed E-state index contributed by atoms with van der Waals surface area (Å²) in [5.74, 6) is -0.0216. The SMILES string of the molecule is Nc1c(C=C2C=Nc3ccccc32)c(=O)nc2scc(-c3ccc(F)cc3)n12. The molecule has 5 rings (SSSR count). The Bertz CT molecular complexity index is 1350. The molecule has 0 spiro atoms. The van der Waals surface area contributed by atoms with Gasteiger partial charge in [-0.05, 0) is 42.0 Å². The fourth-order valence-corrected chi connectivity index (χ4v) is 4.16. The summed E-state index contributed by atoms with van der Waals surface area (Å²) >= 11 is 1.31. The van der Waals surface area contributed by atoms with Crippen LogP contribution in [-0.2, 0) is 0 Å². The lowest BCUT2D eigenvalue weighted by Gasteiger charge is -2.08. The van der Waals surface area contributed by atoms with Crippen LogP contribution in [-0.4, -0.2) is 15.6 Å². The van der Waals surface area contributed by atoms with Crippen LogP contribution in [0.1, 0.15) is 11.1 Å². The minimum atomic E-state index is -0.393. The summed E-state index contributed by atoms with van der Waals surface area (Å²) in [6.45, 7) is 0. The number of nitrogens with zero attached hydrogens (tertiary/aromatic N) is 3. The van der Waals surface area contributed by atoms with Crippen molar-refractivity contribution in [2.24, 2.45) is 4.99 Å². The number of fused-ring (bicyclic) bond motifs is 2. The molecule has 2 N–H and O–H groups in total. The maximum Gasteiger partial charge on any atom is 0.283 e. The van der Waals surface area contributed by atoms with Gasteiger partial charge >= 0.3 is 0 Å². The largest absolute Gasteiger partial charge is 0.384 e. The summed E-state index contributed by atoms with van der Waals surface area (Å²) in [5.41, 5.74) is 10.4. The number of thiazole rings is 1. The number of rotatable bonds is 2. The number of hydrogen-bond acceptors (Lipinski definition) is 5. The molecule has 0 bridgehead atoms. The molecule has 3 heterocycles. The van der Waals surface area contributed by atoms with Gasteiger partial charge in [0.15, 0.2) is 4.96 Å². The van der Waals surface area contributed by atoms with Crippen LogP contribution in [0.5, 0.6) is 0 Å². The molecular formula is C21H13FN4OS. The Kier molecular flexibility index (Phi) is 3.70. The first kappa shape index (κ1) is 16.6. The van der Waals surface area contributed by atoms with Crippen LogP contribution < -0.4 is 11.3 Å². The van der Waals surface area contributed by atoms with Gasteiger partial charge in [-0.2, -0.15) is 4.98 Å². The minimum absolute atomic E-state index is 0.292. The second-order valence-electron chi connectivity index (χ2n) is 6.34. The van der Waals surface area contributed by atoms with Gasteiger partial charge in [0, 0.05) is 22.7 Å². The molecule has 0 unspecified atom stereocenters. The molecule has 1 aliphatic rings. The van der Waals surface area contributed by atoms with Gasteiger partial charge in [0.2, 0.25) is 0 Å². The van der Waals surface area contributed by atoms with Crippen LogP contribution in [0.4, 0.5) is 15.9 Å². The van der Waals surface area contributed by atoms with Crippen molar-refractivity contribution in [3.05, 3.63) is 81.2 Å². The number of nitrogens with two attached hydrogens (primary N) is 1. The number of benzene rings is 2. The third-order valence-corrected chi connectivity index (χ3v) is 5.48. The standard InChI is InChI=1S/C21H13FN4OS/c22-14-7-5-12(6-8-14)18-11-28-21-25-20(27)16(19(23)26(18)21)9-13-10-24-17-4-2-1-3-15(13)17/h1-11H,23H2. The lowest BCUT2D eigenvalue weighted by molar-refractivity contribution is 0.628. The monoisotopic (exact) mass is 388 g/mol. The Morgan fingerprint density at radius 1 is 1.11 bits per heavy atom. The Hall–Kier alpha value is -3.58. The van der Waals surface area contributed by atoms with E-state index in [1.165, 1.54) is 23.5 Å². The maximum atomic E-state index is 13.3. The van der Waals surface area contributed by atoms with Crippen LogP contribution >= 0.6 is 11.3 Å². The summed E-state index contributed by atoms with van der Waals surface area (Å²) in [4.78, 5) is 21.6. The number of hydrogen-bond donors (Lipinski definition) is 1. The van der Waals surface area contributed by atoms with Crippen molar-refractivity contribution in [2.45, 2.75) is 0 Å². The molecule has 5 nitrogen and oxygen atoms in total. The Morgan fingerprint density at radius 3 is 2.71 bits per heavy atom. The summed E-state index contributed by atoms with van der Waals surface area (Å²) in [5, 5.41) is 1.86. The minimum Gasteiger partial charge on any atom is -0.384 e. The number of aliphatic imine (C=N–C) groups is 1. The summed E-state index contributed by atoms with van der Waals surface area (Å²) in [7, 11) is 0. The molecule has 0 saturated heterocycles. The molecule has 0 amide bonds. The smallest absolute Gasteiger partial charge is 0.283 e. The van der Waals surface area contributed by atoms with Crippen molar-refractivity contribution in [1.82, 2.24) is 9.38 Å². The van der Waals surface area contributed by atoms with Crippen LogP contribution in [0, 0.1) is 5.82 Å². The molecule has 0 radical (unpaired) electrons. The van der Waals surface area contributed by atoms with Crippen molar-refractivity contribution in [2.75, 3.05) is 5.73 Å². The van der Waals surface area contributed by atoms with E-state index in [0.717, 1.165) is 28.1 Å². The summed E-state index contributed by atoms with van der Waals surface area (Å²) in [6, 6.07) is 13.8. The highest BCUT2D eigenvalue weighted by atomic mass is 32.1. The zero-order chi connectivity index (χ0) is 19.3. The second kappa shape index (κ2) is 6.24. The van der Waals surface area contributed by atoms with Gasteiger partial charge in [-0.15, -0.1) is 11.3 Å². The van der Waals surface area contributed by atoms with Gasteiger partial charge in [0.1, 0.15) is 11.6 Å². The summed E-state index contributed by atoms with van der Waals surface area (Å²) < 4.78 is 15.0. The van der Waals surface area contributed by atoms with Crippen molar-refractivity contribution in [1.29, 1.82) is 0 Å². The molecular weight excluding hydrogens is 375 g/mol. The number of allylic oxidation sites excluding steroid dienone is 1. The van der Waals surface area contributed by atoms with Gasteiger partial charge in [-0.3, -0.25) is 14.2 Å². The maximum absolute atomic E-state index is 13.3. The average Bonchev–Trinajstić information content (AvgIpc) is 3.30. The normalized spacial score (nSPS) is 14.1. The summed E-state index contributed by atoms with van der Waals surface area (Å²) in [6.07, 6.45) is 3.44. The van der Waals surface area contributed by atoms with E-state index in [-0.39, 0.29) is 5.82 Å².